The molecule has 0 atom stereocenters. The zero-order valence-electron chi connectivity index (χ0n) is 21.5. The van der Waals surface area contributed by atoms with Crippen LogP contribution in [0, 0.1) is 0 Å². The van der Waals surface area contributed by atoms with E-state index in [-0.39, 0.29) is 0 Å². The molecule has 0 aliphatic heterocycles. The fraction of sp³-hybridized carbons (Fsp3) is 0.194. The molecular formula is C31H29BN3O2. The van der Waals surface area contributed by atoms with E-state index in [0.717, 1.165) is 32.9 Å². The van der Waals surface area contributed by atoms with Crippen LogP contribution < -0.4 is 5.46 Å². The second-order valence-electron chi connectivity index (χ2n) is 10.1. The van der Waals surface area contributed by atoms with Crippen LogP contribution in [0.4, 0.5) is 0 Å². The number of aromatic nitrogens is 3. The van der Waals surface area contributed by atoms with Crippen molar-refractivity contribution in [2.75, 3.05) is 0 Å². The molecule has 5 nitrogen and oxygen atoms in total. The number of hydrogen-bond donors (Lipinski definition) is 1. The molecule has 4 aromatic carbocycles. The molecule has 5 rings (SSSR count). The van der Waals surface area contributed by atoms with E-state index in [1.807, 2.05) is 92.7 Å². The van der Waals surface area contributed by atoms with Crippen molar-refractivity contribution in [2.45, 2.75) is 38.9 Å². The maximum Gasteiger partial charge on any atom is 0.330 e. The lowest BCUT2D eigenvalue weighted by molar-refractivity contribution is -0.0893. The maximum atomic E-state index is 10.5. The first-order chi connectivity index (χ1) is 17.7. The number of aliphatic hydroxyl groups is 1. The lowest BCUT2D eigenvalue weighted by atomic mass is 9.81. The molecule has 0 spiro atoms. The minimum Gasteiger partial charge on any atom is -0.427 e. The highest BCUT2D eigenvalue weighted by atomic mass is 16.5. The second kappa shape index (κ2) is 9.89. The molecule has 0 aliphatic rings. The molecule has 1 radical (unpaired) electrons. The Kier molecular flexibility index (Phi) is 6.63. The Balaban J connectivity index is 1.62. The van der Waals surface area contributed by atoms with Gasteiger partial charge in [-0.2, -0.15) is 0 Å². The number of nitrogens with zero attached hydrogens (tertiary/aromatic N) is 3. The van der Waals surface area contributed by atoms with Gasteiger partial charge in [0.2, 0.25) is 0 Å². The van der Waals surface area contributed by atoms with E-state index in [4.69, 9.17) is 19.6 Å². The summed E-state index contributed by atoms with van der Waals surface area (Å²) >= 11 is 0. The van der Waals surface area contributed by atoms with Gasteiger partial charge in [0.15, 0.2) is 17.5 Å². The Morgan fingerprint density at radius 1 is 0.649 bits per heavy atom. The zero-order valence-corrected chi connectivity index (χ0v) is 21.5. The minimum absolute atomic E-state index is 0.605. The average Bonchev–Trinajstić information content (AvgIpc) is 2.91. The Labute approximate surface area is 218 Å². The maximum absolute atomic E-state index is 10.5. The van der Waals surface area contributed by atoms with Crippen LogP contribution in [0.25, 0.3) is 44.9 Å². The van der Waals surface area contributed by atoms with E-state index in [1.54, 1.807) is 21.3 Å². The lowest BCUT2D eigenvalue weighted by Gasteiger charge is -2.37. The average molecular weight is 486 g/mol. The van der Waals surface area contributed by atoms with Gasteiger partial charge in [0.05, 0.1) is 11.2 Å². The first kappa shape index (κ1) is 24.8. The van der Waals surface area contributed by atoms with Crippen LogP contribution in [0.2, 0.25) is 0 Å². The minimum atomic E-state index is -1.00. The van der Waals surface area contributed by atoms with Crippen molar-refractivity contribution in [2.24, 2.45) is 0 Å². The van der Waals surface area contributed by atoms with Crippen molar-refractivity contribution in [3.05, 3.63) is 97.1 Å². The van der Waals surface area contributed by atoms with Crippen LogP contribution in [0.1, 0.15) is 27.7 Å². The molecule has 0 saturated heterocycles. The van der Waals surface area contributed by atoms with Gasteiger partial charge >= 0.3 is 7.48 Å². The summed E-state index contributed by atoms with van der Waals surface area (Å²) in [6.07, 6.45) is 0. The Morgan fingerprint density at radius 2 is 1.22 bits per heavy atom. The summed E-state index contributed by atoms with van der Waals surface area (Å²) in [4.78, 5) is 14.6. The fourth-order valence-electron chi connectivity index (χ4n) is 3.85. The summed E-state index contributed by atoms with van der Waals surface area (Å²) in [5.74, 6) is 1.85. The molecular weight excluding hydrogens is 457 g/mol. The van der Waals surface area contributed by atoms with Crippen molar-refractivity contribution >= 4 is 23.7 Å². The summed E-state index contributed by atoms with van der Waals surface area (Å²) in [6.45, 7) is 7.23. The third-order valence-electron chi connectivity index (χ3n) is 6.81. The Hall–Kier alpha value is -3.87. The summed E-state index contributed by atoms with van der Waals surface area (Å²) in [6, 6.07) is 32.2. The molecule has 1 aromatic heterocycles. The summed E-state index contributed by atoms with van der Waals surface area (Å²) in [5.41, 5.74) is 1.90. The van der Waals surface area contributed by atoms with Gasteiger partial charge in [-0.05, 0) is 38.5 Å². The number of fused-ring (bicyclic) bond motifs is 1. The molecule has 0 amide bonds. The van der Waals surface area contributed by atoms with Gasteiger partial charge in [-0.3, -0.25) is 0 Å². The first-order valence-corrected chi connectivity index (χ1v) is 12.3. The predicted octanol–water partition coefficient (Wildman–Crippen LogP) is 5.84. The Morgan fingerprint density at radius 3 is 1.78 bits per heavy atom. The molecule has 183 valence electrons. The summed E-state index contributed by atoms with van der Waals surface area (Å²) in [7, 11) is 1.70. The standard InChI is InChI=1S/C31H29BN3O2/c1-30(2,36)31(3,4)37-32-24-19-18-21-16-11-17-25(26(21)20-24)29-34-27(22-12-7-5-8-13-22)33-28(35-29)23-14-9-6-10-15-23/h5-20,36H,1-4H3. The zero-order chi connectivity index (χ0) is 26.0. The van der Waals surface area contributed by atoms with Gasteiger partial charge in [0.1, 0.15) is 0 Å². The van der Waals surface area contributed by atoms with Gasteiger partial charge in [-0.25, -0.2) is 15.0 Å². The van der Waals surface area contributed by atoms with Crippen molar-refractivity contribution in [3.63, 3.8) is 0 Å². The molecule has 6 heteroatoms. The molecule has 0 bridgehead atoms. The van der Waals surface area contributed by atoms with E-state index in [2.05, 4.69) is 18.2 Å². The van der Waals surface area contributed by atoms with Crippen LogP contribution in [0.15, 0.2) is 97.1 Å². The highest BCUT2D eigenvalue weighted by molar-refractivity contribution is 6.47. The van der Waals surface area contributed by atoms with Crippen molar-refractivity contribution < 1.29 is 9.76 Å². The molecule has 1 N–H and O–H groups in total. The largest absolute Gasteiger partial charge is 0.427 e. The quantitative estimate of drug-likeness (QED) is 0.293. The summed E-state index contributed by atoms with van der Waals surface area (Å²) in [5, 5.41) is 12.5. The van der Waals surface area contributed by atoms with Crippen molar-refractivity contribution in [3.8, 4) is 34.2 Å². The first-order valence-electron chi connectivity index (χ1n) is 12.3. The van der Waals surface area contributed by atoms with Crippen LogP contribution >= 0.6 is 0 Å². The molecule has 0 aliphatic carbocycles. The fourth-order valence-corrected chi connectivity index (χ4v) is 3.85. The molecule has 37 heavy (non-hydrogen) atoms. The number of hydrogen-bond acceptors (Lipinski definition) is 5. The van der Waals surface area contributed by atoms with Crippen LogP contribution in [0.5, 0.6) is 0 Å². The number of benzene rings is 4. The number of rotatable bonds is 7. The van der Waals surface area contributed by atoms with Gasteiger partial charge in [-0.15, -0.1) is 0 Å². The van der Waals surface area contributed by atoms with Crippen LogP contribution in [0.3, 0.4) is 0 Å². The van der Waals surface area contributed by atoms with Gasteiger partial charge < -0.3 is 9.76 Å². The SMILES string of the molecule is CC(C)(O)C(C)(C)O[B]c1ccc2cccc(-c3nc(-c4ccccc4)nc(-c4ccccc4)n3)c2c1. The molecule has 0 unspecified atom stereocenters. The van der Waals surface area contributed by atoms with Crippen LogP contribution in [-0.2, 0) is 4.65 Å². The molecule has 0 saturated carbocycles. The molecule has 5 aromatic rings. The normalized spacial score (nSPS) is 12.0. The lowest BCUT2D eigenvalue weighted by Crippen LogP contribution is -2.49. The third kappa shape index (κ3) is 5.31. The van der Waals surface area contributed by atoms with E-state index in [0.29, 0.717) is 17.5 Å². The van der Waals surface area contributed by atoms with E-state index >= 15 is 0 Å². The highest BCUT2D eigenvalue weighted by Gasteiger charge is 2.35. The van der Waals surface area contributed by atoms with Crippen molar-refractivity contribution in [1.82, 2.24) is 15.0 Å². The second-order valence-corrected chi connectivity index (χ2v) is 10.1. The highest BCUT2D eigenvalue weighted by Crippen LogP contribution is 2.30. The Bertz CT molecular complexity index is 1470. The van der Waals surface area contributed by atoms with Gasteiger partial charge in [0.25, 0.3) is 0 Å². The monoisotopic (exact) mass is 486 g/mol. The third-order valence-corrected chi connectivity index (χ3v) is 6.81. The van der Waals surface area contributed by atoms with E-state index < -0.39 is 11.2 Å². The van der Waals surface area contributed by atoms with Crippen LogP contribution in [-0.4, -0.2) is 38.7 Å². The molecule has 1 heterocycles. The van der Waals surface area contributed by atoms with E-state index in [1.165, 1.54) is 0 Å². The van der Waals surface area contributed by atoms with E-state index in [9.17, 15) is 5.11 Å². The van der Waals surface area contributed by atoms with Crippen molar-refractivity contribution in [1.29, 1.82) is 0 Å². The van der Waals surface area contributed by atoms with Gasteiger partial charge in [-0.1, -0.05) is 103 Å². The molecule has 0 fully saturated rings. The smallest absolute Gasteiger partial charge is 0.330 e. The topological polar surface area (TPSA) is 68.1 Å². The van der Waals surface area contributed by atoms with Gasteiger partial charge in [0, 0.05) is 16.7 Å². The summed E-state index contributed by atoms with van der Waals surface area (Å²) < 4.78 is 6.01. The predicted molar refractivity (Wildman–Crippen MR) is 150 cm³/mol.